The molecule has 3 heteroatoms. The summed E-state index contributed by atoms with van der Waals surface area (Å²) in [7, 11) is 5.72. The van der Waals surface area contributed by atoms with Crippen LogP contribution in [-0.2, 0) is 0 Å². The Hall–Kier alpha value is -1.06. The smallest absolute Gasteiger partial charge is 0.123 e. The molecule has 0 fully saturated rings. The number of nitrogens with two attached hydrogens (primary N) is 1. The van der Waals surface area contributed by atoms with Crippen LogP contribution < -0.4 is 10.5 Å². The number of methoxy groups -OCH3 is 1. The van der Waals surface area contributed by atoms with Crippen LogP contribution >= 0.6 is 0 Å². The summed E-state index contributed by atoms with van der Waals surface area (Å²) in [6.45, 7) is 0.591. The molecule has 1 aromatic carbocycles. The number of benzene rings is 1. The summed E-state index contributed by atoms with van der Waals surface area (Å²) in [6.07, 6.45) is 0. The van der Waals surface area contributed by atoms with E-state index in [0.29, 0.717) is 6.54 Å². The van der Waals surface area contributed by atoms with Crippen molar-refractivity contribution in [3.63, 3.8) is 0 Å². The molecule has 0 aliphatic carbocycles. The second-order valence-corrected chi connectivity index (χ2v) is 3.46. The minimum Gasteiger partial charge on any atom is -0.496 e. The van der Waals surface area contributed by atoms with Gasteiger partial charge in [0.2, 0.25) is 0 Å². The SMILES string of the molecule is COc1ccccc1[C@@H](CN)N(C)C. The maximum Gasteiger partial charge on any atom is 0.123 e. The van der Waals surface area contributed by atoms with Crippen molar-refractivity contribution in [3.05, 3.63) is 29.8 Å². The highest BCUT2D eigenvalue weighted by molar-refractivity contribution is 5.36. The molecule has 0 spiro atoms. The van der Waals surface area contributed by atoms with E-state index >= 15 is 0 Å². The maximum absolute atomic E-state index is 5.73. The van der Waals surface area contributed by atoms with Crippen molar-refractivity contribution < 1.29 is 4.74 Å². The molecule has 1 rings (SSSR count). The standard InChI is InChI=1S/C11H18N2O/c1-13(2)10(8-12)9-6-4-5-7-11(9)14-3/h4-7,10H,8,12H2,1-3H3/t10-/m1/s1. The summed E-state index contributed by atoms with van der Waals surface area (Å²) in [4.78, 5) is 2.10. The van der Waals surface area contributed by atoms with Crippen molar-refractivity contribution in [2.24, 2.45) is 5.73 Å². The zero-order chi connectivity index (χ0) is 10.6. The fourth-order valence-electron chi connectivity index (χ4n) is 1.56. The number of hydrogen-bond acceptors (Lipinski definition) is 3. The van der Waals surface area contributed by atoms with Gasteiger partial charge >= 0.3 is 0 Å². The lowest BCUT2D eigenvalue weighted by molar-refractivity contribution is 0.295. The number of nitrogens with zero attached hydrogens (tertiary/aromatic N) is 1. The summed E-state index contributed by atoms with van der Waals surface area (Å²) < 4.78 is 5.30. The fraction of sp³-hybridized carbons (Fsp3) is 0.455. The molecule has 0 radical (unpaired) electrons. The number of para-hydroxylation sites is 1. The third-order valence-corrected chi connectivity index (χ3v) is 2.34. The second-order valence-electron chi connectivity index (χ2n) is 3.46. The molecule has 0 amide bonds. The van der Waals surface area contributed by atoms with Gasteiger partial charge in [0.05, 0.1) is 13.2 Å². The van der Waals surface area contributed by atoms with Crippen molar-refractivity contribution in [1.29, 1.82) is 0 Å². The predicted molar refractivity (Wildman–Crippen MR) is 58.5 cm³/mol. The first-order valence-corrected chi connectivity index (χ1v) is 4.70. The first-order chi connectivity index (χ1) is 6.70. The maximum atomic E-state index is 5.73. The first kappa shape index (κ1) is 11.0. The Morgan fingerprint density at radius 3 is 2.50 bits per heavy atom. The Morgan fingerprint density at radius 1 is 1.36 bits per heavy atom. The molecule has 0 unspecified atom stereocenters. The van der Waals surface area contributed by atoms with Gasteiger partial charge in [-0.1, -0.05) is 18.2 Å². The Kier molecular flexibility index (Phi) is 3.92. The van der Waals surface area contributed by atoms with Crippen LogP contribution in [-0.4, -0.2) is 32.6 Å². The number of likely N-dealkylation sites (N-methyl/N-ethyl adjacent to an activating group) is 1. The average molecular weight is 194 g/mol. The van der Waals surface area contributed by atoms with E-state index in [1.165, 1.54) is 0 Å². The molecule has 0 saturated heterocycles. The second kappa shape index (κ2) is 4.98. The Balaban J connectivity index is 3.02. The van der Waals surface area contributed by atoms with Gasteiger partial charge in [-0.15, -0.1) is 0 Å². The van der Waals surface area contributed by atoms with Crippen molar-refractivity contribution in [1.82, 2.24) is 4.90 Å². The van der Waals surface area contributed by atoms with E-state index < -0.39 is 0 Å². The minimum absolute atomic E-state index is 0.214. The fourth-order valence-corrected chi connectivity index (χ4v) is 1.56. The van der Waals surface area contributed by atoms with E-state index in [1.807, 2.05) is 32.3 Å². The molecular weight excluding hydrogens is 176 g/mol. The van der Waals surface area contributed by atoms with E-state index in [1.54, 1.807) is 7.11 Å². The van der Waals surface area contributed by atoms with E-state index in [9.17, 15) is 0 Å². The zero-order valence-electron chi connectivity index (χ0n) is 9.03. The molecule has 14 heavy (non-hydrogen) atoms. The Morgan fingerprint density at radius 2 is 2.00 bits per heavy atom. The lowest BCUT2D eigenvalue weighted by atomic mass is 10.1. The van der Waals surface area contributed by atoms with Gasteiger partial charge in [0.25, 0.3) is 0 Å². The molecule has 2 N–H and O–H groups in total. The van der Waals surface area contributed by atoms with Gasteiger partial charge in [-0.3, -0.25) is 0 Å². The third-order valence-electron chi connectivity index (χ3n) is 2.34. The molecule has 1 atom stereocenters. The van der Waals surface area contributed by atoms with Gasteiger partial charge in [0.15, 0.2) is 0 Å². The van der Waals surface area contributed by atoms with Crippen LogP contribution in [0.25, 0.3) is 0 Å². The summed E-state index contributed by atoms with van der Waals surface area (Å²) in [5.74, 6) is 0.900. The van der Waals surface area contributed by atoms with Gasteiger partial charge in [-0.25, -0.2) is 0 Å². The number of hydrogen-bond donors (Lipinski definition) is 1. The van der Waals surface area contributed by atoms with Crippen LogP contribution in [0, 0.1) is 0 Å². The number of rotatable bonds is 4. The topological polar surface area (TPSA) is 38.5 Å². The molecule has 78 valence electrons. The average Bonchev–Trinajstić information content (AvgIpc) is 2.19. The first-order valence-electron chi connectivity index (χ1n) is 4.70. The van der Waals surface area contributed by atoms with Gasteiger partial charge in [0, 0.05) is 12.1 Å². The highest BCUT2D eigenvalue weighted by Crippen LogP contribution is 2.26. The molecule has 0 aliphatic heterocycles. The van der Waals surface area contributed by atoms with Crippen LogP contribution in [0.3, 0.4) is 0 Å². The third kappa shape index (κ3) is 2.25. The normalized spacial score (nSPS) is 12.9. The molecule has 0 saturated carbocycles. The van der Waals surface area contributed by atoms with Gasteiger partial charge in [-0.05, 0) is 20.2 Å². The van der Waals surface area contributed by atoms with Crippen LogP contribution in [0.2, 0.25) is 0 Å². The van der Waals surface area contributed by atoms with E-state index in [0.717, 1.165) is 11.3 Å². The molecule has 0 heterocycles. The molecular formula is C11H18N2O. The highest BCUT2D eigenvalue weighted by atomic mass is 16.5. The minimum atomic E-state index is 0.214. The summed E-state index contributed by atoms with van der Waals surface area (Å²) >= 11 is 0. The van der Waals surface area contributed by atoms with E-state index in [4.69, 9.17) is 10.5 Å². The molecule has 1 aromatic rings. The largest absolute Gasteiger partial charge is 0.496 e. The van der Waals surface area contributed by atoms with Gasteiger partial charge in [-0.2, -0.15) is 0 Å². The number of ether oxygens (including phenoxy) is 1. The van der Waals surface area contributed by atoms with Crippen LogP contribution in [0.5, 0.6) is 5.75 Å². The van der Waals surface area contributed by atoms with Gasteiger partial charge < -0.3 is 15.4 Å². The van der Waals surface area contributed by atoms with Gasteiger partial charge in [0.1, 0.15) is 5.75 Å². The lowest BCUT2D eigenvalue weighted by Gasteiger charge is -2.24. The van der Waals surface area contributed by atoms with Crippen LogP contribution in [0.4, 0.5) is 0 Å². The molecule has 0 bridgehead atoms. The monoisotopic (exact) mass is 194 g/mol. The van der Waals surface area contributed by atoms with Crippen molar-refractivity contribution >= 4 is 0 Å². The summed E-state index contributed by atoms with van der Waals surface area (Å²) in [5.41, 5.74) is 6.87. The van der Waals surface area contributed by atoms with Crippen molar-refractivity contribution in [2.45, 2.75) is 6.04 Å². The zero-order valence-corrected chi connectivity index (χ0v) is 9.03. The van der Waals surface area contributed by atoms with Crippen LogP contribution in [0.15, 0.2) is 24.3 Å². The Labute approximate surface area is 85.5 Å². The van der Waals surface area contributed by atoms with E-state index in [2.05, 4.69) is 11.0 Å². The summed E-state index contributed by atoms with van der Waals surface area (Å²) in [5, 5.41) is 0. The Bertz CT molecular complexity index is 286. The van der Waals surface area contributed by atoms with Crippen molar-refractivity contribution in [3.8, 4) is 5.75 Å². The quantitative estimate of drug-likeness (QED) is 0.784. The molecule has 0 aliphatic rings. The highest BCUT2D eigenvalue weighted by Gasteiger charge is 2.15. The van der Waals surface area contributed by atoms with Crippen LogP contribution in [0.1, 0.15) is 11.6 Å². The lowest BCUT2D eigenvalue weighted by Crippen LogP contribution is -2.27. The van der Waals surface area contributed by atoms with E-state index in [-0.39, 0.29) is 6.04 Å². The van der Waals surface area contributed by atoms with Crippen molar-refractivity contribution in [2.75, 3.05) is 27.7 Å². The molecule has 3 nitrogen and oxygen atoms in total. The molecule has 0 aromatic heterocycles. The predicted octanol–water partition coefficient (Wildman–Crippen LogP) is 1.26. The summed E-state index contributed by atoms with van der Waals surface area (Å²) in [6, 6.07) is 8.19.